The summed E-state index contributed by atoms with van der Waals surface area (Å²) in [6.07, 6.45) is -0.158. The second kappa shape index (κ2) is 4.34. The Kier molecular flexibility index (Phi) is 3.06. The molecule has 1 aromatic rings. The molecule has 0 fully saturated rings. The highest BCUT2D eigenvalue weighted by molar-refractivity contribution is 6.32. The molecule has 0 amide bonds. The standard InChI is InChI=1S/C12H13ClO3/c1-7(2)15-12(14)10-6-8-4-3-5-9(13)11(8)16-10/h3-5,7,10H,6H2,1-2H3. The van der Waals surface area contributed by atoms with E-state index in [1.54, 1.807) is 6.07 Å². The Morgan fingerprint density at radius 3 is 2.94 bits per heavy atom. The molecule has 86 valence electrons. The highest BCUT2D eigenvalue weighted by Crippen LogP contribution is 2.35. The van der Waals surface area contributed by atoms with E-state index in [1.807, 2.05) is 26.0 Å². The van der Waals surface area contributed by atoms with Crippen LogP contribution in [-0.2, 0) is 16.0 Å². The lowest BCUT2D eigenvalue weighted by atomic mass is 10.1. The molecule has 3 nitrogen and oxygen atoms in total. The molecule has 0 N–H and O–H groups in total. The van der Waals surface area contributed by atoms with E-state index < -0.39 is 6.10 Å². The number of carbonyl (C=O) groups is 1. The quantitative estimate of drug-likeness (QED) is 0.746. The molecule has 16 heavy (non-hydrogen) atoms. The molecule has 1 unspecified atom stereocenters. The molecule has 4 heteroatoms. The molecule has 1 aliphatic rings. The Hall–Kier alpha value is -1.22. The number of halogens is 1. The first-order chi connectivity index (χ1) is 7.58. The smallest absolute Gasteiger partial charge is 0.347 e. The Balaban J connectivity index is 2.11. The number of para-hydroxylation sites is 1. The van der Waals surface area contributed by atoms with Crippen LogP contribution in [0.1, 0.15) is 19.4 Å². The summed E-state index contributed by atoms with van der Waals surface area (Å²) in [6, 6.07) is 5.50. The number of hydrogen-bond donors (Lipinski definition) is 0. The molecule has 0 saturated carbocycles. The summed E-state index contributed by atoms with van der Waals surface area (Å²) in [7, 11) is 0. The van der Waals surface area contributed by atoms with Gasteiger partial charge in [0.15, 0.2) is 6.10 Å². The van der Waals surface area contributed by atoms with E-state index in [4.69, 9.17) is 21.1 Å². The van der Waals surface area contributed by atoms with Gasteiger partial charge in [0.1, 0.15) is 5.75 Å². The highest BCUT2D eigenvalue weighted by Gasteiger charge is 2.32. The van der Waals surface area contributed by atoms with Crippen LogP contribution in [0.4, 0.5) is 0 Å². The Labute approximate surface area is 99.3 Å². The Morgan fingerprint density at radius 1 is 1.56 bits per heavy atom. The van der Waals surface area contributed by atoms with E-state index in [9.17, 15) is 4.79 Å². The fourth-order valence-electron chi connectivity index (χ4n) is 1.67. The summed E-state index contributed by atoms with van der Waals surface area (Å²) in [5.41, 5.74) is 0.957. The molecule has 0 aliphatic carbocycles. The zero-order valence-corrected chi connectivity index (χ0v) is 9.95. The van der Waals surface area contributed by atoms with Crippen LogP contribution in [0.15, 0.2) is 18.2 Å². The molecule has 0 radical (unpaired) electrons. The minimum atomic E-state index is -0.558. The van der Waals surface area contributed by atoms with E-state index >= 15 is 0 Å². The van der Waals surface area contributed by atoms with Gasteiger partial charge in [-0.25, -0.2) is 4.79 Å². The highest BCUT2D eigenvalue weighted by atomic mass is 35.5. The van der Waals surface area contributed by atoms with Gasteiger partial charge in [-0.1, -0.05) is 23.7 Å². The molecule has 0 bridgehead atoms. The first-order valence-corrected chi connectivity index (χ1v) is 5.60. The molecular weight excluding hydrogens is 228 g/mol. The summed E-state index contributed by atoms with van der Waals surface area (Å²) in [6.45, 7) is 3.62. The second-order valence-electron chi connectivity index (χ2n) is 4.02. The average Bonchev–Trinajstić information content (AvgIpc) is 2.61. The molecular formula is C12H13ClO3. The molecule has 1 aromatic carbocycles. The fourth-order valence-corrected chi connectivity index (χ4v) is 1.91. The predicted molar refractivity (Wildman–Crippen MR) is 60.8 cm³/mol. The van der Waals surface area contributed by atoms with Gasteiger partial charge in [0.05, 0.1) is 11.1 Å². The summed E-state index contributed by atoms with van der Waals surface area (Å²) in [4.78, 5) is 11.6. The van der Waals surface area contributed by atoms with Crippen molar-refractivity contribution >= 4 is 17.6 Å². The third-order valence-corrected chi connectivity index (χ3v) is 2.63. The van der Waals surface area contributed by atoms with Crippen LogP contribution in [0.3, 0.4) is 0 Å². The molecule has 0 saturated heterocycles. The lowest BCUT2D eigenvalue weighted by molar-refractivity contribution is -0.154. The Bertz CT molecular complexity index is 415. The number of fused-ring (bicyclic) bond motifs is 1. The van der Waals surface area contributed by atoms with Crippen LogP contribution in [-0.4, -0.2) is 18.2 Å². The SMILES string of the molecule is CC(C)OC(=O)C1Cc2cccc(Cl)c2O1. The van der Waals surface area contributed by atoms with Crippen molar-refractivity contribution in [2.45, 2.75) is 32.5 Å². The fraction of sp³-hybridized carbons (Fsp3) is 0.417. The van der Waals surface area contributed by atoms with Gasteiger partial charge in [-0.05, 0) is 19.9 Å². The van der Waals surface area contributed by atoms with Gasteiger partial charge in [0.25, 0.3) is 0 Å². The third-order valence-electron chi connectivity index (χ3n) is 2.33. The van der Waals surface area contributed by atoms with Crippen LogP contribution in [0.5, 0.6) is 5.75 Å². The number of hydrogen-bond acceptors (Lipinski definition) is 3. The molecule has 1 aliphatic heterocycles. The monoisotopic (exact) mass is 240 g/mol. The van der Waals surface area contributed by atoms with Crippen molar-refractivity contribution in [3.63, 3.8) is 0 Å². The predicted octanol–water partition coefficient (Wildman–Crippen LogP) is 2.60. The summed E-state index contributed by atoms with van der Waals surface area (Å²) in [5, 5.41) is 0.539. The van der Waals surface area contributed by atoms with Crippen molar-refractivity contribution < 1.29 is 14.3 Å². The molecule has 1 atom stereocenters. The molecule has 1 heterocycles. The van der Waals surface area contributed by atoms with Crippen LogP contribution in [0, 0.1) is 0 Å². The minimum absolute atomic E-state index is 0.129. The van der Waals surface area contributed by atoms with Crippen molar-refractivity contribution in [2.24, 2.45) is 0 Å². The van der Waals surface area contributed by atoms with Gasteiger partial charge in [0.2, 0.25) is 0 Å². The third kappa shape index (κ3) is 2.14. The van der Waals surface area contributed by atoms with Crippen molar-refractivity contribution in [1.82, 2.24) is 0 Å². The first-order valence-electron chi connectivity index (χ1n) is 5.22. The van der Waals surface area contributed by atoms with Gasteiger partial charge in [0, 0.05) is 12.0 Å². The maximum Gasteiger partial charge on any atom is 0.347 e. The Morgan fingerprint density at radius 2 is 2.31 bits per heavy atom. The second-order valence-corrected chi connectivity index (χ2v) is 4.43. The lowest BCUT2D eigenvalue weighted by Crippen LogP contribution is -2.29. The molecule has 0 spiro atoms. The number of ether oxygens (including phenoxy) is 2. The van der Waals surface area contributed by atoms with E-state index in [-0.39, 0.29) is 12.1 Å². The lowest BCUT2D eigenvalue weighted by Gasteiger charge is -2.12. The first kappa shape index (κ1) is 11.3. The number of carbonyl (C=O) groups excluding carboxylic acids is 1. The van der Waals surface area contributed by atoms with Crippen molar-refractivity contribution in [3.05, 3.63) is 28.8 Å². The van der Waals surface area contributed by atoms with Crippen LogP contribution < -0.4 is 4.74 Å². The zero-order chi connectivity index (χ0) is 11.7. The van der Waals surface area contributed by atoms with Gasteiger partial charge in [-0.2, -0.15) is 0 Å². The van der Waals surface area contributed by atoms with E-state index in [0.717, 1.165) is 5.56 Å². The molecule has 2 rings (SSSR count). The molecule has 0 aromatic heterocycles. The van der Waals surface area contributed by atoms with Gasteiger partial charge < -0.3 is 9.47 Å². The largest absolute Gasteiger partial charge is 0.477 e. The maximum atomic E-state index is 11.6. The van der Waals surface area contributed by atoms with Crippen LogP contribution >= 0.6 is 11.6 Å². The van der Waals surface area contributed by atoms with Crippen LogP contribution in [0.2, 0.25) is 5.02 Å². The summed E-state index contributed by atoms with van der Waals surface area (Å²) < 4.78 is 10.6. The topological polar surface area (TPSA) is 35.5 Å². The van der Waals surface area contributed by atoms with E-state index in [0.29, 0.717) is 17.2 Å². The van der Waals surface area contributed by atoms with Gasteiger partial charge >= 0.3 is 5.97 Å². The van der Waals surface area contributed by atoms with Crippen molar-refractivity contribution in [3.8, 4) is 5.75 Å². The van der Waals surface area contributed by atoms with Gasteiger partial charge in [-0.3, -0.25) is 0 Å². The van der Waals surface area contributed by atoms with E-state index in [2.05, 4.69) is 0 Å². The summed E-state index contributed by atoms with van der Waals surface area (Å²) in [5.74, 6) is 0.275. The van der Waals surface area contributed by atoms with Crippen molar-refractivity contribution in [1.29, 1.82) is 0 Å². The average molecular weight is 241 g/mol. The number of esters is 1. The van der Waals surface area contributed by atoms with Crippen molar-refractivity contribution in [2.75, 3.05) is 0 Å². The summed E-state index contributed by atoms with van der Waals surface area (Å²) >= 11 is 5.97. The minimum Gasteiger partial charge on any atom is -0.477 e. The maximum absolute atomic E-state index is 11.6. The van der Waals surface area contributed by atoms with E-state index in [1.165, 1.54) is 0 Å². The normalized spacial score (nSPS) is 18.1. The zero-order valence-electron chi connectivity index (χ0n) is 9.20. The van der Waals surface area contributed by atoms with Gasteiger partial charge in [-0.15, -0.1) is 0 Å². The van der Waals surface area contributed by atoms with Crippen LogP contribution in [0.25, 0.3) is 0 Å². The number of benzene rings is 1. The number of rotatable bonds is 2.